The summed E-state index contributed by atoms with van der Waals surface area (Å²) in [7, 11) is 0. The van der Waals surface area contributed by atoms with Crippen LogP contribution in [0.25, 0.3) is 0 Å². The molecule has 1 aliphatic rings. The van der Waals surface area contributed by atoms with E-state index in [1.165, 1.54) is 4.88 Å². The standard InChI is InChI=1S/C16H20N4O3S/c1-9(2)14-3-11(8-24-14)16(23)20-6-10(4-15(21)22)12(7-20)13-5-17-19-18-13/h3,5,8-10,12H,4,6-7H2,1-2H3,(H,21,22)(H,17,18,19)/t10-,12+/m0/s1. The summed E-state index contributed by atoms with van der Waals surface area (Å²) in [5, 5.41) is 21.5. The Labute approximate surface area is 143 Å². The number of aliphatic carboxylic acids is 1. The zero-order chi connectivity index (χ0) is 17.3. The molecule has 0 radical (unpaired) electrons. The summed E-state index contributed by atoms with van der Waals surface area (Å²) in [5.41, 5.74) is 1.39. The predicted octanol–water partition coefficient (Wildman–Crippen LogP) is 2.32. The number of carbonyl (C=O) groups excluding carboxylic acids is 1. The monoisotopic (exact) mass is 348 g/mol. The maximum absolute atomic E-state index is 12.8. The Morgan fingerprint density at radius 3 is 2.83 bits per heavy atom. The molecule has 1 aliphatic heterocycles. The number of carbonyl (C=O) groups is 2. The molecule has 0 spiro atoms. The summed E-state index contributed by atoms with van der Waals surface area (Å²) in [6.07, 6.45) is 1.62. The lowest BCUT2D eigenvalue weighted by Gasteiger charge is -2.15. The lowest BCUT2D eigenvalue weighted by molar-refractivity contribution is -0.138. The molecule has 0 aliphatic carbocycles. The van der Waals surface area contributed by atoms with Crippen molar-refractivity contribution in [2.75, 3.05) is 13.1 Å². The zero-order valence-electron chi connectivity index (χ0n) is 13.6. The smallest absolute Gasteiger partial charge is 0.303 e. The third-order valence-corrected chi connectivity index (χ3v) is 5.65. The largest absolute Gasteiger partial charge is 0.481 e. The van der Waals surface area contributed by atoms with Gasteiger partial charge in [0.15, 0.2) is 0 Å². The number of carboxylic acids is 1. The van der Waals surface area contributed by atoms with Crippen LogP contribution in [0.3, 0.4) is 0 Å². The number of nitrogens with zero attached hydrogens (tertiary/aromatic N) is 3. The average Bonchev–Trinajstić information content (AvgIpc) is 3.26. The van der Waals surface area contributed by atoms with Crippen molar-refractivity contribution in [2.24, 2.45) is 5.92 Å². The predicted molar refractivity (Wildman–Crippen MR) is 89.2 cm³/mol. The van der Waals surface area contributed by atoms with Gasteiger partial charge in [-0.2, -0.15) is 15.4 Å². The Balaban J connectivity index is 1.78. The summed E-state index contributed by atoms with van der Waals surface area (Å²) >= 11 is 1.59. The first-order chi connectivity index (χ1) is 11.5. The molecular weight excluding hydrogens is 328 g/mol. The SMILES string of the molecule is CC(C)c1cc(C(=O)N2C[C@H](CC(=O)O)[C@H](c3cn[nH]n3)C2)cs1. The van der Waals surface area contributed by atoms with Crippen LogP contribution in [0.1, 0.15) is 53.0 Å². The Kier molecular flexibility index (Phi) is 4.66. The minimum absolute atomic E-state index is 0.0161. The van der Waals surface area contributed by atoms with Crippen molar-refractivity contribution < 1.29 is 14.7 Å². The van der Waals surface area contributed by atoms with Crippen LogP contribution in [0.5, 0.6) is 0 Å². The second-order valence-electron chi connectivity index (χ2n) is 6.46. The van der Waals surface area contributed by atoms with E-state index in [4.69, 9.17) is 5.11 Å². The molecule has 2 atom stereocenters. The summed E-state index contributed by atoms with van der Waals surface area (Å²) in [5.74, 6) is -0.774. The number of thiophene rings is 1. The number of amides is 1. The second-order valence-corrected chi connectivity index (χ2v) is 7.40. The summed E-state index contributed by atoms with van der Waals surface area (Å²) in [6.45, 7) is 5.09. The average molecular weight is 348 g/mol. The van der Waals surface area contributed by atoms with Gasteiger partial charge in [0, 0.05) is 29.3 Å². The molecule has 0 bridgehead atoms. The van der Waals surface area contributed by atoms with Crippen LogP contribution in [0.15, 0.2) is 17.6 Å². The lowest BCUT2D eigenvalue weighted by Crippen LogP contribution is -2.28. The van der Waals surface area contributed by atoms with E-state index >= 15 is 0 Å². The molecule has 3 rings (SSSR count). The van der Waals surface area contributed by atoms with E-state index in [9.17, 15) is 9.59 Å². The third-order valence-electron chi connectivity index (χ3n) is 4.41. The van der Waals surface area contributed by atoms with Gasteiger partial charge in [0.2, 0.25) is 0 Å². The van der Waals surface area contributed by atoms with Crippen molar-refractivity contribution in [1.29, 1.82) is 0 Å². The Hall–Kier alpha value is -2.22. The molecule has 0 aromatic carbocycles. The number of aromatic nitrogens is 3. The number of likely N-dealkylation sites (tertiary alicyclic amines) is 1. The number of aromatic amines is 1. The van der Waals surface area contributed by atoms with Gasteiger partial charge in [0.25, 0.3) is 5.91 Å². The van der Waals surface area contributed by atoms with Gasteiger partial charge in [-0.3, -0.25) is 9.59 Å². The van der Waals surface area contributed by atoms with Gasteiger partial charge in [-0.1, -0.05) is 13.8 Å². The van der Waals surface area contributed by atoms with Crippen molar-refractivity contribution in [2.45, 2.75) is 32.1 Å². The van der Waals surface area contributed by atoms with Crippen molar-refractivity contribution in [3.63, 3.8) is 0 Å². The van der Waals surface area contributed by atoms with Crippen molar-refractivity contribution in [3.05, 3.63) is 33.8 Å². The van der Waals surface area contributed by atoms with Crippen molar-refractivity contribution in [3.8, 4) is 0 Å². The van der Waals surface area contributed by atoms with Gasteiger partial charge in [-0.25, -0.2) is 0 Å². The van der Waals surface area contributed by atoms with Crippen LogP contribution in [-0.4, -0.2) is 50.4 Å². The van der Waals surface area contributed by atoms with Gasteiger partial charge >= 0.3 is 5.97 Å². The number of rotatable bonds is 5. The van der Waals surface area contributed by atoms with E-state index in [1.54, 1.807) is 22.4 Å². The number of hydrogen-bond acceptors (Lipinski definition) is 5. The van der Waals surface area contributed by atoms with Crippen molar-refractivity contribution >= 4 is 23.2 Å². The molecule has 0 saturated carbocycles. The molecule has 2 aromatic heterocycles. The van der Waals surface area contributed by atoms with E-state index < -0.39 is 5.97 Å². The van der Waals surface area contributed by atoms with E-state index in [-0.39, 0.29) is 24.2 Å². The molecule has 3 heterocycles. The maximum atomic E-state index is 12.8. The Bertz CT molecular complexity index is 726. The molecule has 1 amide bonds. The summed E-state index contributed by atoms with van der Waals surface area (Å²) < 4.78 is 0. The molecule has 24 heavy (non-hydrogen) atoms. The highest BCUT2D eigenvalue weighted by atomic mass is 32.1. The van der Waals surface area contributed by atoms with Crippen LogP contribution in [0, 0.1) is 5.92 Å². The maximum Gasteiger partial charge on any atom is 0.303 e. The molecule has 2 aromatic rings. The summed E-state index contributed by atoms with van der Waals surface area (Å²) in [4.78, 5) is 26.8. The first-order valence-corrected chi connectivity index (χ1v) is 8.78. The third kappa shape index (κ3) is 3.33. The lowest BCUT2D eigenvalue weighted by atomic mass is 9.91. The fourth-order valence-corrected chi connectivity index (χ4v) is 4.04. The number of carboxylic acid groups (broad SMARTS) is 1. The minimum atomic E-state index is -0.861. The van der Waals surface area contributed by atoms with Gasteiger partial charge < -0.3 is 10.0 Å². The summed E-state index contributed by atoms with van der Waals surface area (Å²) in [6, 6.07) is 1.94. The first-order valence-electron chi connectivity index (χ1n) is 7.91. The second kappa shape index (κ2) is 6.72. The van der Waals surface area contributed by atoms with Gasteiger partial charge in [0.05, 0.1) is 23.9 Å². The number of nitrogens with one attached hydrogen (secondary N) is 1. The molecule has 8 heteroatoms. The van der Waals surface area contributed by atoms with E-state index in [2.05, 4.69) is 29.3 Å². The Morgan fingerprint density at radius 2 is 2.25 bits per heavy atom. The Morgan fingerprint density at radius 1 is 1.46 bits per heavy atom. The van der Waals surface area contributed by atoms with Crippen LogP contribution >= 0.6 is 11.3 Å². The number of H-pyrrole nitrogens is 1. The van der Waals surface area contributed by atoms with Crippen LogP contribution in [-0.2, 0) is 4.79 Å². The minimum Gasteiger partial charge on any atom is -0.481 e. The van der Waals surface area contributed by atoms with Crippen molar-refractivity contribution in [1.82, 2.24) is 20.3 Å². The van der Waals surface area contributed by atoms with Gasteiger partial charge in [0.1, 0.15) is 0 Å². The molecule has 7 nitrogen and oxygen atoms in total. The molecule has 2 N–H and O–H groups in total. The topological polar surface area (TPSA) is 99.2 Å². The first kappa shape index (κ1) is 16.6. The molecule has 128 valence electrons. The fourth-order valence-electron chi connectivity index (χ4n) is 3.14. The molecule has 0 unspecified atom stereocenters. The zero-order valence-corrected chi connectivity index (χ0v) is 14.4. The molecule has 1 saturated heterocycles. The highest BCUT2D eigenvalue weighted by Crippen LogP contribution is 2.35. The highest BCUT2D eigenvalue weighted by Gasteiger charge is 2.39. The van der Waals surface area contributed by atoms with E-state index in [1.807, 2.05) is 11.4 Å². The van der Waals surface area contributed by atoms with Gasteiger partial charge in [-0.05, 0) is 17.9 Å². The quantitative estimate of drug-likeness (QED) is 0.864. The normalized spacial score (nSPS) is 20.7. The van der Waals surface area contributed by atoms with Gasteiger partial charge in [-0.15, -0.1) is 11.3 Å². The van der Waals surface area contributed by atoms with E-state index in [0.29, 0.717) is 30.3 Å². The number of hydrogen-bond donors (Lipinski definition) is 2. The molecular formula is C16H20N4O3S. The van der Waals surface area contributed by atoms with Crippen LogP contribution in [0.4, 0.5) is 0 Å². The van der Waals surface area contributed by atoms with Crippen LogP contribution in [0.2, 0.25) is 0 Å². The molecule has 1 fully saturated rings. The van der Waals surface area contributed by atoms with E-state index in [0.717, 1.165) is 0 Å². The highest BCUT2D eigenvalue weighted by molar-refractivity contribution is 7.10. The fraction of sp³-hybridized carbons (Fsp3) is 0.500. The van der Waals surface area contributed by atoms with Crippen LogP contribution < -0.4 is 0 Å².